The summed E-state index contributed by atoms with van der Waals surface area (Å²) < 4.78 is 46.9. The molecule has 0 radical (unpaired) electrons. The van der Waals surface area contributed by atoms with E-state index in [2.05, 4.69) is 39.4 Å². The summed E-state index contributed by atoms with van der Waals surface area (Å²) in [6, 6.07) is 6.47. The van der Waals surface area contributed by atoms with E-state index in [-0.39, 0.29) is 23.5 Å². The van der Waals surface area contributed by atoms with E-state index < -0.39 is 17.6 Å². The summed E-state index contributed by atoms with van der Waals surface area (Å²) in [5, 5.41) is 16.0. The molecule has 4 aromatic rings. The van der Waals surface area contributed by atoms with E-state index in [1.807, 2.05) is 13.1 Å². The zero-order valence-electron chi connectivity index (χ0n) is 25.8. The third-order valence-corrected chi connectivity index (χ3v) is 9.23. The Hall–Kier alpha value is -4.26. The van der Waals surface area contributed by atoms with Crippen molar-refractivity contribution >= 4 is 17.5 Å². The van der Waals surface area contributed by atoms with Gasteiger partial charge >= 0.3 is 6.18 Å². The zero-order valence-corrected chi connectivity index (χ0v) is 25.8. The van der Waals surface area contributed by atoms with Crippen LogP contribution < -0.4 is 10.2 Å². The number of benzene rings is 1. The Morgan fingerprint density at radius 2 is 1.87 bits per heavy atom. The Morgan fingerprint density at radius 3 is 2.53 bits per heavy atom. The van der Waals surface area contributed by atoms with E-state index in [4.69, 9.17) is 4.98 Å². The van der Waals surface area contributed by atoms with Gasteiger partial charge in [-0.1, -0.05) is 13.8 Å². The molecule has 3 aromatic heterocycles. The number of likely N-dealkylation sites (tertiary alicyclic amines) is 1. The standard InChI is InChI=1S/C32H36F3N9O/c1-19(2)13-36-26-11-21(28-23(14-38-42(28)4)29-40-37-18-41(29)3)12-27(39-26)44-16-24-22(30(44)45)9-20(10-25(24)32(33,34)35)15-43-8-7-31(17-43)5-6-31/h9-12,14,18-19H,5-8,13,15-17H2,1-4H3,(H,36,39). The first-order chi connectivity index (χ1) is 21.4. The van der Waals surface area contributed by atoms with Crippen molar-refractivity contribution in [2.75, 3.05) is 29.9 Å². The molecular weight excluding hydrogens is 583 g/mol. The van der Waals surface area contributed by atoms with Gasteiger partial charge in [0.1, 0.15) is 18.0 Å². The monoisotopic (exact) mass is 619 g/mol. The lowest BCUT2D eigenvalue weighted by Crippen LogP contribution is -2.25. The number of alkyl halides is 3. The van der Waals surface area contributed by atoms with Crippen molar-refractivity contribution in [1.29, 1.82) is 0 Å². The van der Waals surface area contributed by atoms with Gasteiger partial charge in [0.25, 0.3) is 5.91 Å². The minimum absolute atomic E-state index is 0.0134. The highest BCUT2D eigenvalue weighted by molar-refractivity contribution is 6.10. The molecular formula is C32H36F3N9O. The van der Waals surface area contributed by atoms with Crippen LogP contribution in [0, 0.1) is 11.3 Å². The van der Waals surface area contributed by atoms with Crippen LogP contribution in [0.5, 0.6) is 0 Å². The molecule has 1 aromatic carbocycles. The van der Waals surface area contributed by atoms with Gasteiger partial charge in [0.05, 0.1) is 29.6 Å². The quantitative estimate of drug-likeness (QED) is 0.278. The van der Waals surface area contributed by atoms with E-state index in [0.717, 1.165) is 25.1 Å². The van der Waals surface area contributed by atoms with E-state index >= 15 is 0 Å². The summed E-state index contributed by atoms with van der Waals surface area (Å²) in [7, 11) is 3.63. The largest absolute Gasteiger partial charge is 0.416 e. The smallest absolute Gasteiger partial charge is 0.370 e. The van der Waals surface area contributed by atoms with Crippen LogP contribution >= 0.6 is 0 Å². The number of hydrogen-bond donors (Lipinski definition) is 1. The van der Waals surface area contributed by atoms with Crippen molar-refractivity contribution in [3.63, 3.8) is 0 Å². The van der Waals surface area contributed by atoms with E-state index in [1.165, 1.54) is 23.8 Å². The minimum atomic E-state index is -4.60. The Kier molecular flexibility index (Phi) is 6.99. The van der Waals surface area contributed by atoms with Gasteiger partial charge in [-0.3, -0.25) is 19.3 Å². The summed E-state index contributed by atoms with van der Waals surface area (Å²) in [4.78, 5) is 22.3. The third kappa shape index (κ3) is 5.47. The van der Waals surface area contributed by atoms with Crippen molar-refractivity contribution in [2.45, 2.75) is 52.4 Å². The number of hydrogen-bond acceptors (Lipinski definition) is 7. The van der Waals surface area contributed by atoms with Crippen molar-refractivity contribution in [3.05, 3.63) is 59.0 Å². The molecule has 2 aliphatic heterocycles. The molecule has 10 nitrogen and oxygen atoms in total. The lowest BCUT2D eigenvalue weighted by Gasteiger charge is -2.19. The van der Waals surface area contributed by atoms with Gasteiger partial charge in [0.2, 0.25) is 0 Å². The summed E-state index contributed by atoms with van der Waals surface area (Å²) in [5.41, 5.74) is 2.31. The third-order valence-electron chi connectivity index (χ3n) is 9.23. The van der Waals surface area contributed by atoms with Crippen LogP contribution in [0.3, 0.4) is 0 Å². The highest BCUT2D eigenvalue weighted by Crippen LogP contribution is 2.53. The minimum Gasteiger partial charge on any atom is -0.370 e. The lowest BCUT2D eigenvalue weighted by molar-refractivity contribution is -0.138. The van der Waals surface area contributed by atoms with Crippen LogP contribution in [0.4, 0.5) is 24.8 Å². The van der Waals surface area contributed by atoms with Crippen LogP contribution in [0.2, 0.25) is 0 Å². The second-order valence-corrected chi connectivity index (χ2v) is 13.2. The van der Waals surface area contributed by atoms with Crippen LogP contribution in [0.1, 0.15) is 60.2 Å². The fraction of sp³-hybridized carbons (Fsp3) is 0.469. The molecule has 0 bridgehead atoms. The normalized spacial score (nSPS) is 17.6. The van der Waals surface area contributed by atoms with Crippen LogP contribution in [0.25, 0.3) is 22.6 Å². The predicted octanol–water partition coefficient (Wildman–Crippen LogP) is 5.51. The molecule has 236 valence electrons. The van der Waals surface area contributed by atoms with Gasteiger partial charge < -0.3 is 9.88 Å². The maximum Gasteiger partial charge on any atom is 0.416 e. The molecule has 1 saturated heterocycles. The number of anilines is 2. The first-order valence-electron chi connectivity index (χ1n) is 15.3. The molecule has 2 fully saturated rings. The average Bonchev–Trinajstić information content (AvgIpc) is 3.29. The topological polar surface area (TPSA) is 97.0 Å². The van der Waals surface area contributed by atoms with Crippen molar-refractivity contribution in [1.82, 2.24) is 34.4 Å². The van der Waals surface area contributed by atoms with Gasteiger partial charge in [-0.05, 0) is 72.5 Å². The second kappa shape index (κ2) is 10.7. The second-order valence-electron chi connectivity index (χ2n) is 13.2. The Balaban J connectivity index is 1.28. The molecule has 0 unspecified atom stereocenters. The number of amides is 1. The molecule has 1 spiro atoms. The number of carbonyl (C=O) groups is 1. The number of halogens is 3. The molecule has 1 aliphatic carbocycles. The van der Waals surface area contributed by atoms with Gasteiger partial charge in [-0.25, -0.2) is 4.98 Å². The van der Waals surface area contributed by atoms with Gasteiger partial charge in [0, 0.05) is 44.9 Å². The highest BCUT2D eigenvalue weighted by atomic mass is 19.4. The van der Waals surface area contributed by atoms with E-state index in [9.17, 15) is 18.0 Å². The summed E-state index contributed by atoms with van der Waals surface area (Å²) in [5.74, 6) is 1.18. The van der Waals surface area contributed by atoms with Gasteiger partial charge in [-0.2, -0.15) is 18.3 Å². The first-order valence-corrected chi connectivity index (χ1v) is 15.3. The molecule has 1 saturated carbocycles. The number of nitrogens with zero attached hydrogens (tertiary/aromatic N) is 8. The van der Waals surface area contributed by atoms with Gasteiger partial charge in [-0.15, -0.1) is 10.2 Å². The number of aryl methyl sites for hydroxylation is 2. The molecule has 45 heavy (non-hydrogen) atoms. The highest BCUT2D eigenvalue weighted by Gasteiger charge is 2.48. The summed E-state index contributed by atoms with van der Waals surface area (Å²) in [6.07, 6.45) is 2.15. The fourth-order valence-electron chi connectivity index (χ4n) is 6.66. The molecule has 7 rings (SSSR count). The summed E-state index contributed by atoms with van der Waals surface area (Å²) >= 11 is 0. The molecule has 3 aliphatic rings. The number of nitrogens with one attached hydrogen (secondary N) is 1. The number of pyridine rings is 1. The van der Waals surface area contributed by atoms with Crippen molar-refractivity contribution < 1.29 is 18.0 Å². The summed E-state index contributed by atoms with van der Waals surface area (Å²) in [6.45, 7) is 6.68. The van der Waals surface area contributed by atoms with Gasteiger partial charge in [0.15, 0.2) is 5.82 Å². The zero-order chi connectivity index (χ0) is 31.7. The average molecular weight is 620 g/mol. The SMILES string of the molecule is CC(C)CNc1cc(-c2c(-c3nncn3C)cnn2C)cc(N2Cc3c(cc(CN4CCC5(CC5)C4)cc3C(F)(F)F)C2=O)n1. The number of carbonyl (C=O) groups excluding carboxylic acids is 1. The van der Waals surface area contributed by atoms with Crippen molar-refractivity contribution in [3.8, 4) is 22.6 Å². The molecule has 13 heteroatoms. The maximum absolute atomic E-state index is 14.5. The predicted molar refractivity (Wildman–Crippen MR) is 163 cm³/mol. The Morgan fingerprint density at radius 1 is 1.07 bits per heavy atom. The lowest BCUT2D eigenvalue weighted by atomic mass is 9.98. The van der Waals surface area contributed by atoms with Crippen molar-refractivity contribution in [2.24, 2.45) is 25.4 Å². The number of fused-ring (bicyclic) bond motifs is 1. The van der Waals surface area contributed by atoms with E-state index in [1.54, 1.807) is 41.0 Å². The Labute approximate surface area is 259 Å². The Bertz CT molecular complexity index is 1790. The molecule has 0 atom stereocenters. The van der Waals surface area contributed by atoms with Crippen LogP contribution in [-0.4, -0.2) is 60.0 Å². The maximum atomic E-state index is 14.5. The number of rotatable bonds is 8. The van der Waals surface area contributed by atoms with Crippen LogP contribution in [0.15, 0.2) is 36.8 Å². The van der Waals surface area contributed by atoms with Crippen LogP contribution in [-0.2, 0) is 33.4 Å². The fourth-order valence-corrected chi connectivity index (χ4v) is 6.66. The molecule has 5 heterocycles. The number of aromatic nitrogens is 6. The molecule has 1 amide bonds. The van der Waals surface area contributed by atoms with E-state index in [0.29, 0.717) is 52.9 Å². The first kappa shape index (κ1) is 29.5. The molecule has 1 N–H and O–H groups in total.